The molecule has 1 N–H and O–H groups in total. The number of benzene rings is 6. The first-order chi connectivity index (χ1) is 20.1. The molecule has 0 saturated heterocycles. The van der Waals surface area contributed by atoms with Crippen LogP contribution in [0, 0.1) is 0 Å². The topological polar surface area (TPSA) is 24.4 Å². The molecule has 0 bridgehead atoms. The molecule has 2 heteroatoms. The molecule has 7 rings (SSSR count). The molecule has 0 radical (unpaired) electrons. The Morgan fingerprint density at radius 1 is 0.463 bits per heavy atom. The summed E-state index contributed by atoms with van der Waals surface area (Å²) in [6.45, 7) is 4.43. The van der Waals surface area contributed by atoms with Crippen LogP contribution >= 0.6 is 0 Å². The average molecular weight is 529 g/mol. The van der Waals surface area contributed by atoms with E-state index in [0.717, 1.165) is 11.0 Å². The van der Waals surface area contributed by atoms with Gasteiger partial charge in [0.2, 0.25) is 0 Å². The molecule has 0 fully saturated rings. The van der Waals surface area contributed by atoms with Gasteiger partial charge in [-0.15, -0.1) is 0 Å². The van der Waals surface area contributed by atoms with Gasteiger partial charge in [-0.25, -0.2) is 0 Å². The van der Waals surface area contributed by atoms with E-state index in [4.69, 9.17) is 4.99 Å². The summed E-state index contributed by atoms with van der Waals surface area (Å²) in [7, 11) is 0. The molecule has 0 saturated carbocycles. The second kappa shape index (κ2) is 10.6. The summed E-state index contributed by atoms with van der Waals surface area (Å²) < 4.78 is 0. The summed E-state index contributed by atoms with van der Waals surface area (Å²) >= 11 is 0. The smallest absolute Gasteiger partial charge is 0.0813 e. The van der Waals surface area contributed by atoms with Gasteiger partial charge in [-0.05, 0) is 104 Å². The predicted octanol–water partition coefficient (Wildman–Crippen LogP) is 10.1. The molecule has 0 aromatic heterocycles. The van der Waals surface area contributed by atoms with Crippen molar-refractivity contribution in [2.24, 2.45) is 4.99 Å². The molecule has 0 aliphatic rings. The van der Waals surface area contributed by atoms with Crippen molar-refractivity contribution >= 4 is 48.8 Å². The van der Waals surface area contributed by atoms with E-state index in [1.807, 2.05) is 0 Å². The van der Waals surface area contributed by atoms with Crippen molar-refractivity contribution in [3.05, 3.63) is 156 Å². The van der Waals surface area contributed by atoms with Gasteiger partial charge in [-0.3, -0.25) is 4.99 Å². The first-order valence-electron chi connectivity index (χ1n) is 14.4. The molecule has 0 aliphatic carbocycles. The molecule has 2 nitrogen and oxygen atoms in total. The maximum absolute atomic E-state index is 5.29. The Morgan fingerprint density at radius 3 is 1.59 bits per heavy atom. The quantitative estimate of drug-likeness (QED) is 0.221. The lowest BCUT2D eigenvalue weighted by Crippen LogP contribution is -2.15. The number of hydrogen-bond donors (Lipinski definition) is 1. The number of nitrogens with one attached hydrogen (secondary N) is 1. The molecule has 0 unspecified atom stereocenters. The molecule has 7 aromatic carbocycles. The van der Waals surface area contributed by atoms with Crippen molar-refractivity contribution in [1.82, 2.24) is 0 Å². The maximum Gasteiger partial charge on any atom is 0.0813 e. The Morgan fingerprint density at radius 2 is 0.951 bits per heavy atom. The molecule has 0 heterocycles. The van der Waals surface area contributed by atoms with E-state index in [1.165, 1.54) is 54.2 Å². The van der Waals surface area contributed by atoms with E-state index in [2.05, 4.69) is 159 Å². The number of nitrogens with zero attached hydrogens (tertiary/aromatic N) is 1. The van der Waals surface area contributed by atoms with Crippen LogP contribution in [0.15, 0.2) is 145 Å². The molecule has 0 amide bonds. The minimum atomic E-state index is -0.0120. The number of hydrogen-bond acceptors (Lipinski definition) is 2. The third-order valence-electron chi connectivity index (χ3n) is 8.20. The first kappa shape index (κ1) is 25.0. The van der Waals surface area contributed by atoms with Gasteiger partial charge in [0.25, 0.3) is 0 Å². The van der Waals surface area contributed by atoms with E-state index in [9.17, 15) is 0 Å². The van der Waals surface area contributed by atoms with Gasteiger partial charge in [0.05, 0.1) is 17.1 Å². The SMILES string of the molecule is C[C@@H](N=c1cccccc1N[C@H](C)c1cccc2cc3ccccc3cc12)c1cccc2cc3ccccc3cc12. The molecule has 198 valence electrons. The second-order valence-corrected chi connectivity index (χ2v) is 10.9. The van der Waals surface area contributed by atoms with Crippen molar-refractivity contribution < 1.29 is 0 Å². The standard InChI is InChI=1S/C39H32N2/c1-26(34-18-10-16-32-22-28-12-6-8-14-30(28)24-36(32)34)40-38-20-4-3-5-21-39(38)41-27(2)35-19-11-17-33-23-29-13-7-9-15-31(29)25-37(33)35/h3-27H,1-2H3,(H,40,41)/t26-,27-/m1/s1. The van der Waals surface area contributed by atoms with Crippen LogP contribution in [-0.2, 0) is 0 Å². The van der Waals surface area contributed by atoms with Crippen LogP contribution in [0.25, 0.3) is 43.1 Å². The van der Waals surface area contributed by atoms with Crippen LogP contribution < -0.4 is 10.7 Å². The lowest BCUT2D eigenvalue weighted by molar-refractivity contribution is 0.795. The third-order valence-corrected chi connectivity index (χ3v) is 8.20. The van der Waals surface area contributed by atoms with Gasteiger partial charge in [0.15, 0.2) is 0 Å². The van der Waals surface area contributed by atoms with Gasteiger partial charge < -0.3 is 5.32 Å². The Hall–Kier alpha value is -4.95. The Balaban J connectivity index is 1.28. The molecule has 2 atom stereocenters. The monoisotopic (exact) mass is 528 g/mol. The van der Waals surface area contributed by atoms with E-state index < -0.39 is 0 Å². The van der Waals surface area contributed by atoms with E-state index in [0.29, 0.717) is 0 Å². The zero-order valence-corrected chi connectivity index (χ0v) is 23.4. The van der Waals surface area contributed by atoms with Crippen molar-refractivity contribution in [2.45, 2.75) is 25.9 Å². The fourth-order valence-corrected chi connectivity index (χ4v) is 6.09. The average Bonchev–Trinajstić information content (AvgIpc) is 3.22. The normalized spacial score (nSPS) is 13.6. The number of rotatable bonds is 5. The highest BCUT2D eigenvalue weighted by atomic mass is 14.9. The zero-order valence-electron chi connectivity index (χ0n) is 23.4. The van der Waals surface area contributed by atoms with E-state index in [1.54, 1.807) is 0 Å². The first-order valence-corrected chi connectivity index (χ1v) is 14.4. The molecule has 41 heavy (non-hydrogen) atoms. The van der Waals surface area contributed by atoms with Crippen LogP contribution in [0.2, 0.25) is 0 Å². The second-order valence-electron chi connectivity index (χ2n) is 10.9. The zero-order chi connectivity index (χ0) is 27.8. The van der Waals surface area contributed by atoms with Crippen molar-refractivity contribution in [1.29, 1.82) is 0 Å². The summed E-state index contributed by atoms with van der Waals surface area (Å²) in [5.74, 6) is 0. The Kier molecular flexibility index (Phi) is 6.45. The van der Waals surface area contributed by atoms with E-state index >= 15 is 0 Å². The third kappa shape index (κ3) is 4.83. The van der Waals surface area contributed by atoms with Crippen LogP contribution in [0.4, 0.5) is 5.69 Å². The molecular formula is C39H32N2. The summed E-state index contributed by atoms with van der Waals surface area (Å²) in [4.78, 5) is 5.29. The Bertz CT molecular complexity index is 2130. The molecular weight excluding hydrogens is 496 g/mol. The van der Waals surface area contributed by atoms with Crippen LogP contribution in [0.5, 0.6) is 0 Å². The van der Waals surface area contributed by atoms with Gasteiger partial charge in [0.1, 0.15) is 0 Å². The maximum atomic E-state index is 5.29. The van der Waals surface area contributed by atoms with Crippen LogP contribution in [0.3, 0.4) is 0 Å². The number of anilines is 1. The van der Waals surface area contributed by atoms with Gasteiger partial charge in [0, 0.05) is 6.04 Å². The van der Waals surface area contributed by atoms with Crippen molar-refractivity contribution in [3.8, 4) is 0 Å². The largest absolute Gasteiger partial charge is 0.377 e. The number of fused-ring (bicyclic) bond motifs is 4. The molecule has 0 spiro atoms. The summed E-state index contributed by atoms with van der Waals surface area (Å²) in [6.07, 6.45) is 0. The predicted molar refractivity (Wildman–Crippen MR) is 175 cm³/mol. The van der Waals surface area contributed by atoms with Gasteiger partial charge in [-0.1, -0.05) is 103 Å². The molecule has 0 aliphatic heterocycles. The lowest BCUT2D eigenvalue weighted by Gasteiger charge is -2.19. The van der Waals surface area contributed by atoms with Gasteiger partial charge in [-0.2, -0.15) is 0 Å². The summed E-state index contributed by atoms with van der Waals surface area (Å²) in [5, 5.41) is 14.9. The fraction of sp³-hybridized carbons (Fsp3) is 0.103. The molecule has 7 aromatic rings. The minimum absolute atomic E-state index is 0.0120. The van der Waals surface area contributed by atoms with Crippen molar-refractivity contribution in [2.75, 3.05) is 5.32 Å². The van der Waals surface area contributed by atoms with Crippen molar-refractivity contribution in [3.63, 3.8) is 0 Å². The highest BCUT2D eigenvalue weighted by molar-refractivity contribution is 6.01. The van der Waals surface area contributed by atoms with Gasteiger partial charge >= 0.3 is 0 Å². The highest BCUT2D eigenvalue weighted by Gasteiger charge is 2.13. The van der Waals surface area contributed by atoms with Crippen LogP contribution in [-0.4, -0.2) is 0 Å². The fourth-order valence-electron chi connectivity index (χ4n) is 6.09. The highest BCUT2D eigenvalue weighted by Crippen LogP contribution is 2.32. The van der Waals surface area contributed by atoms with E-state index in [-0.39, 0.29) is 12.1 Å². The van der Waals surface area contributed by atoms with Crippen LogP contribution in [0.1, 0.15) is 37.1 Å². The summed E-state index contributed by atoms with van der Waals surface area (Å²) in [6, 6.07) is 50.1. The Labute approximate surface area is 240 Å². The lowest BCUT2D eigenvalue weighted by atomic mass is 9.96. The summed E-state index contributed by atoms with van der Waals surface area (Å²) in [5.41, 5.74) is 3.54. The minimum Gasteiger partial charge on any atom is -0.377 e.